The van der Waals surface area contributed by atoms with Crippen molar-refractivity contribution in [1.29, 1.82) is 0 Å². The third kappa shape index (κ3) is 5.65. The van der Waals surface area contributed by atoms with Crippen molar-refractivity contribution in [1.82, 2.24) is 5.48 Å². The molecule has 1 fully saturated rings. The Labute approximate surface area is 118 Å². The molecule has 2 atom stereocenters. The van der Waals surface area contributed by atoms with E-state index in [1.165, 1.54) is 0 Å². The Hall–Kier alpha value is -1.49. The van der Waals surface area contributed by atoms with Gasteiger partial charge in [-0.1, -0.05) is 0 Å². The average Bonchev–Trinajstić information content (AvgIpc) is 2.51. The van der Waals surface area contributed by atoms with Gasteiger partial charge >= 0.3 is 6.09 Å². The maximum absolute atomic E-state index is 11.4. The topological polar surface area (TPSA) is 86.3 Å². The SMILES string of the molecule is CC(C)(C)OC(=O)NOC[C@H]1OC(C)(C)O[C@@H]1C#CO. The molecule has 1 amide bonds. The summed E-state index contributed by atoms with van der Waals surface area (Å²) in [5.41, 5.74) is 1.54. The summed E-state index contributed by atoms with van der Waals surface area (Å²) in [5.74, 6) is 1.64. The van der Waals surface area contributed by atoms with E-state index in [1.54, 1.807) is 40.7 Å². The lowest BCUT2D eigenvalue weighted by atomic mass is 10.2. The van der Waals surface area contributed by atoms with Crippen molar-refractivity contribution in [3.8, 4) is 12.0 Å². The predicted molar refractivity (Wildman–Crippen MR) is 68.9 cm³/mol. The number of aliphatic hydroxyl groups excluding tert-OH is 1. The van der Waals surface area contributed by atoms with E-state index in [0.717, 1.165) is 0 Å². The van der Waals surface area contributed by atoms with Gasteiger partial charge < -0.3 is 19.3 Å². The van der Waals surface area contributed by atoms with Gasteiger partial charge in [0, 0.05) is 0 Å². The van der Waals surface area contributed by atoms with E-state index in [-0.39, 0.29) is 6.61 Å². The van der Waals surface area contributed by atoms with Crippen LogP contribution < -0.4 is 5.48 Å². The van der Waals surface area contributed by atoms with E-state index in [1.807, 2.05) is 0 Å². The maximum Gasteiger partial charge on any atom is 0.431 e. The van der Waals surface area contributed by atoms with Crippen molar-refractivity contribution >= 4 is 6.09 Å². The Morgan fingerprint density at radius 2 is 2.05 bits per heavy atom. The molecule has 0 saturated carbocycles. The van der Waals surface area contributed by atoms with Crippen LogP contribution in [0.3, 0.4) is 0 Å². The van der Waals surface area contributed by atoms with Gasteiger partial charge in [-0.3, -0.25) is 4.84 Å². The molecule has 0 spiro atoms. The van der Waals surface area contributed by atoms with Crippen LogP contribution in [0.1, 0.15) is 34.6 Å². The molecule has 0 radical (unpaired) electrons. The molecule has 20 heavy (non-hydrogen) atoms. The molecule has 0 aromatic carbocycles. The normalized spacial score (nSPS) is 24.6. The Morgan fingerprint density at radius 1 is 1.40 bits per heavy atom. The molecule has 0 aliphatic carbocycles. The molecule has 114 valence electrons. The largest absolute Gasteiger partial charge is 0.462 e. The van der Waals surface area contributed by atoms with E-state index in [2.05, 4.69) is 11.4 Å². The molecule has 1 saturated heterocycles. The highest BCUT2D eigenvalue weighted by atomic mass is 16.8. The number of ether oxygens (including phenoxy) is 3. The van der Waals surface area contributed by atoms with E-state index in [4.69, 9.17) is 24.2 Å². The summed E-state index contributed by atoms with van der Waals surface area (Å²) in [6.45, 7) is 8.70. The Kier molecular flexibility index (Phi) is 5.22. The van der Waals surface area contributed by atoms with Crippen LogP contribution in [0.25, 0.3) is 0 Å². The lowest BCUT2D eigenvalue weighted by Gasteiger charge is -2.20. The van der Waals surface area contributed by atoms with Crippen molar-refractivity contribution in [2.24, 2.45) is 0 Å². The first-order valence-corrected chi connectivity index (χ1v) is 6.24. The van der Waals surface area contributed by atoms with E-state index < -0.39 is 29.7 Å². The standard InChI is InChI=1S/C13H21NO6/c1-12(2,3)20-11(16)14-17-8-10-9(6-7-15)18-13(4,5)19-10/h9-10,15H,8H2,1-5H3,(H,14,16)/t9-,10-/m1/s1. The third-order valence-corrected chi connectivity index (χ3v) is 2.19. The monoisotopic (exact) mass is 287 g/mol. The number of hydrogen-bond donors (Lipinski definition) is 2. The smallest absolute Gasteiger partial charge is 0.431 e. The van der Waals surface area contributed by atoms with Crippen molar-refractivity contribution in [2.45, 2.75) is 58.2 Å². The van der Waals surface area contributed by atoms with Gasteiger partial charge in [-0.2, -0.15) is 5.48 Å². The number of aliphatic hydroxyl groups is 1. The molecule has 1 aliphatic rings. The van der Waals surface area contributed by atoms with Gasteiger partial charge in [0.05, 0.1) is 0 Å². The van der Waals surface area contributed by atoms with Gasteiger partial charge in [0.1, 0.15) is 24.4 Å². The second kappa shape index (κ2) is 6.31. The van der Waals surface area contributed by atoms with Crippen LogP contribution in [-0.2, 0) is 19.0 Å². The van der Waals surface area contributed by atoms with Crippen molar-refractivity contribution in [3.63, 3.8) is 0 Å². The minimum atomic E-state index is -0.825. The first-order chi connectivity index (χ1) is 9.13. The van der Waals surface area contributed by atoms with Gasteiger partial charge in [0.2, 0.25) is 0 Å². The quantitative estimate of drug-likeness (QED) is 0.601. The number of hydrogen-bond acceptors (Lipinski definition) is 6. The van der Waals surface area contributed by atoms with E-state index in [9.17, 15) is 4.79 Å². The van der Waals surface area contributed by atoms with Gasteiger partial charge in [0.15, 0.2) is 11.9 Å². The lowest BCUT2D eigenvalue weighted by Crippen LogP contribution is -2.36. The number of hydroxylamine groups is 1. The van der Waals surface area contributed by atoms with Crippen LogP contribution >= 0.6 is 0 Å². The second-order valence-corrected chi connectivity index (χ2v) is 5.77. The molecule has 0 unspecified atom stereocenters. The number of amides is 1. The van der Waals surface area contributed by atoms with Gasteiger partial charge in [-0.15, -0.1) is 0 Å². The van der Waals surface area contributed by atoms with Gasteiger partial charge in [-0.05, 0) is 40.5 Å². The molecule has 0 aromatic rings. The number of nitrogens with one attached hydrogen (secondary N) is 1. The minimum absolute atomic E-state index is 0.0159. The fourth-order valence-electron chi connectivity index (χ4n) is 1.62. The first kappa shape index (κ1) is 16.6. The number of carbonyl (C=O) groups excluding carboxylic acids is 1. The maximum atomic E-state index is 11.4. The lowest BCUT2D eigenvalue weighted by molar-refractivity contribution is -0.150. The molecule has 0 aromatic heterocycles. The van der Waals surface area contributed by atoms with Crippen molar-refractivity contribution < 1.29 is 28.9 Å². The molecule has 7 nitrogen and oxygen atoms in total. The van der Waals surface area contributed by atoms with Crippen LogP contribution in [0.5, 0.6) is 0 Å². The summed E-state index contributed by atoms with van der Waals surface area (Å²) in [5, 5.41) is 8.63. The van der Waals surface area contributed by atoms with E-state index >= 15 is 0 Å². The molecule has 1 heterocycles. The highest BCUT2D eigenvalue weighted by molar-refractivity contribution is 5.66. The highest BCUT2D eigenvalue weighted by Gasteiger charge is 2.41. The number of rotatable bonds is 3. The zero-order chi connectivity index (χ0) is 15.4. The number of carbonyl (C=O) groups is 1. The highest BCUT2D eigenvalue weighted by Crippen LogP contribution is 2.27. The van der Waals surface area contributed by atoms with Crippen molar-refractivity contribution in [3.05, 3.63) is 0 Å². The third-order valence-electron chi connectivity index (χ3n) is 2.19. The van der Waals surface area contributed by atoms with E-state index in [0.29, 0.717) is 0 Å². The average molecular weight is 287 g/mol. The fourth-order valence-corrected chi connectivity index (χ4v) is 1.62. The minimum Gasteiger partial charge on any atom is -0.462 e. The summed E-state index contributed by atoms with van der Waals surface area (Å²) in [6, 6.07) is 0. The van der Waals surface area contributed by atoms with Crippen LogP contribution in [0, 0.1) is 12.0 Å². The Balaban J connectivity index is 2.40. The fraction of sp³-hybridized carbons (Fsp3) is 0.769. The molecule has 2 N–H and O–H groups in total. The molecule has 1 aliphatic heterocycles. The zero-order valence-electron chi connectivity index (χ0n) is 12.4. The molecular formula is C13H21NO6. The molecule has 7 heteroatoms. The summed E-state index contributed by atoms with van der Waals surface area (Å²) in [7, 11) is 0. The summed E-state index contributed by atoms with van der Waals surface area (Å²) in [4.78, 5) is 16.4. The second-order valence-electron chi connectivity index (χ2n) is 5.77. The Morgan fingerprint density at radius 3 is 2.60 bits per heavy atom. The molecule has 1 rings (SSSR count). The predicted octanol–water partition coefficient (Wildman–Crippen LogP) is 1.30. The van der Waals surface area contributed by atoms with Gasteiger partial charge in [0.25, 0.3) is 0 Å². The van der Waals surface area contributed by atoms with Crippen LogP contribution in [0.2, 0.25) is 0 Å². The zero-order valence-corrected chi connectivity index (χ0v) is 12.4. The molecular weight excluding hydrogens is 266 g/mol. The van der Waals surface area contributed by atoms with Crippen LogP contribution in [-0.4, -0.2) is 41.4 Å². The Bertz CT molecular complexity index is 403. The van der Waals surface area contributed by atoms with Crippen LogP contribution in [0.15, 0.2) is 0 Å². The van der Waals surface area contributed by atoms with Crippen LogP contribution in [0.4, 0.5) is 4.79 Å². The summed E-state index contributed by atoms with van der Waals surface area (Å²) >= 11 is 0. The summed E-state index contributed by atoms with van der Waals surface area (Å²) < 4.78 is 16.0. The van der Waals surface area contributed by atoms with Gasteiger partial charge in [-0.25, -0.2) is 4.79 Å². The first-order valence-electron chi connectivity index (χ1n) is 6.24. The summed E-state index contributed by atoms with van der Waals surface area (Å²) in [6.07, 6.45) is -0.0663. The van der Waals surface area contributed by atoms with Crippen molar-refractivity contribution in [2.75, 3.05) is 6.61 Å². The molecule has 0 bridgehead atoms.